The lowest BCUT2D eigenvalue weighted by atomic mass is 9.54. The zero-order valence-electron chi connectivity index (χ0n) is 71.8. The van der Waals surface area contributed by atoms with E-state index in [0.29, 0.717) is 11.8 Å². The molecule has 14 atom stereocenters. The zero-order chi connectivity index (χ0) is 93.9. The van der Waals surface area contributed by atoms with Crippen molar-refractivity contribution in [2.24, 2.45) is 29.6 Å². The molecule has 7 aromatic rings. The first-order valence-corrected chi connectivity index (χ1v) is 45.9. The summed E-state index contributed by atoms with van der Waals surface area (Å²) in [5.74, 6) is -15.8. The maximum atomic E-state index is 16.6. The van der Waals surface area contributed by atoms with Gasteiger partial charge in [-0.05, 0) is 233 Å². The minimum absolute atomic E-state index is 0.00480. The number of phenolic OH excluding ortho intramolecular Hbond substituents is 1. The molecule has 18 rings (SSSR count). The van der Waals surface area contributed by atoms with Gasteiger partial charge in [0.25, 0.3) is 20.1 Å². The molecule has 18 N–H and O–H groups in total. The number of nitrogens with one attached hydrogen (secondary N) is 10. The van der Waals surface area contributed by atoms with Crippen LogP contribution in [0.3, 0.4) is 0 Å². The molecule has 6 heterocycles. The van der Waals surface area contributed by atoms with Crippen molar-refractivity contribution in [1.82, 2.24) is 52.6 Å². The van der Waals surface area contributed by atoms with Crippen LogP contribution in [0.1, 0.15) is 154 Å². The van der Waals surface area contributed by atoms with E-state index in [2.05, 4.69) is 47.9 Å². The molecule has 0 aromatic heterocycles. The Labute approximate surface area is 756 Å². The number of likely N-dealkylation sites (N-methyl/N-ethyl adjacent to an activating group) is 1. The van der Waals surface area contributed by atoms with Gasteiger partial charge in [0, 0.05) is 23.7 Å². The molecule has 5 fully saturated rings. The van der Waals surface area contributed by atoms with E-state index < -0.39 is 234 Å². The van der Waals surface area contributed by atoms with Crippen LogP contribution in [0.25, 0.3) is 11.1 Å². The van der Waals surface area contributed by atoms with Crippen LogP contribution in [0.15, 0.2) is 143 Å². The van der Waals surface area contributed by atoms with E-state index in [1.165, 1.54) is 61.6 Å². The first-order chi connectivity index (χ1) is 62.0. The molecule has 1 saturated heterocycles. The molecule has 131 heavy (non-hydrogen) atoms. The van der Waals surface area contributed by atoms with Crippen molar-refractivity contribution in [3.05, 3.63) is 183 Å². The number of carbonyl (C=O) groups excluding carboxylic acids is 9. The van der Waals surface area contributed by atoms with E-state index >= 15 is 28.8 Å². The third kappa shape index (κ3) is 20.2. The van der Waals surface area contributed by atoms with E-state index in [1.54, 1.807) is 53.7 Å². The fraction of sp³-hybridized carbons (Fsp3) is 0.433. The highest BCUT2D eigenvalue weighted by Gasteiger charge is 2.53. The predicted octanol–water partition coefficient (Wildman–Crippen LogP) is 3.80. The van der Waals surface area contributed by atoms with Gasteiger partial charge in [0.1, 0.15) is 115 Å². The predicted molar refractivity (Wildman–Crippen MR) is 461 cm³/mol. The topological polar surface area (TPSA) is 569 Å². The van der Waals surface area contributed by atoms with Gasteiger partial charge in [-0.15, -0.1) is 0 Å². The zero-order valence-corrected chi connectivity index (χ0v) is 74.1. The smallest absolute Gasteiger partial charge is 0.407 e. The standard InChI is InChI=1S/C90H101ClN10O28S2/c1-40(2)26-60(92-7)80(109)99-73-75(105)46-13-23-62(59(91)33-46)126-64-35-49-34-63(79(64)128-87-78(108)77(107)76(106)65(127-87)39-93-88(116)129-89(4,5)6)125-52-14-10-44(11-15-52)74(104)72-86(115)98-71(84(113)95-68-47-28-42-27-43(30-47)31-48(68)29-42)56-36-50(102)37-58-67(56)55-32-45(12-22-57(55)90(58,117)118)69(82(111)100-72)97-83(112)70(49)96-81(110)61(94-85(73)114)38-66(103)101-130(119,120)53-20-16-51(17-21-53)123-24-25-124-131(121,122)54-18-8-41(3)9-19-54/h8-23,32-37,40,42-43,47-48,60-61,65,68-78,87,92,102,104-108,117-118H,24-31,38-39H2,1-7H3,(H,93,116)(H,94,114)(H,95,113)(H,96,110)(H,97,112)(H,98,115)(H,99,109)(H,100,111)(H,101,103)/t42?,43?,47?,48?,60-,61+,65-,68?,69-,70-,71+,72+,73-,74-,75-,76-,77+,78-,87+/m1/s1. The fourth-order valence-corrected chi connectivity index (χ4v) is 20.5. The number of aromatic hydroxyl groups is 1. The highest BCUT2D eigenvalue weighted by atomic mass is 35.5. The van der Waals surface area contributed by atoms with Crippen LogP contribution in [0.4, 0.5) is 4.79 Å². The van der Waals surface area contributed by atoms with Crippen LogP contribution >= 0.6 is 11.6 Å². The minimum Gasteiger partial charge on any atom is -0.508 e. The molecule has 6 aliphatic heterocycles. The number of ether oxygens (including phenoxy) is 6. The first-order valence-electron chi connectivity index (χ1n) is 42.6. The number of aliphatic hydroxyl groups excluding tert-OH is 5. The Balaban J connectivity index is 0.868. The van der Waals surface area contributed by atoms with Crippen molar-refractivity contribution < 1.29 is 133 Å². The highest BCUT2D eigenvalue weighted by molar-refractivity contribution is 7.90. The summed E-state index contributed by atoms with van der Waals surface area (Å²) in [5.41, 5.74) is -2.60. The summed E-state index contributed by atoms with van der Waals surface area (Å²) in [7, 11) is -7.83. The number of fused-ring (bicyclic) bond motifs is 12. The van der Waals surface area contributed by atoms with E-state index in [1.807, 2.05) is 4.72 Å². The second-order valence-corrected chi connectivity index (χ2v) is 39.3. The Hall–Kier alpha value is -11.6. The van der Waals surface area contributed by atoms with Crippen molar-refractivity contribution in [3.8, 4) is 51.4 Å². The molecule has 0 radical (unpaired) electrons. The number of alkyl carbamates (subject to hydrolysis) is 1. The molecule has 4 saturated carbocycles. The quantitative estimate of drug-likeness (QED) is 0.0276. The Bertz CT molecular complexity index is 5840. The third-order valence-corrected chi connectivity index (χ3v) is 27.6. The SMILES string of the molecule is CN[C@H](CC(C)C)C(=O)N[C@H]1C(=O)N[C@@H](CC(=O)NS(=O)(=O)c2ccc(OCCOS(=O)(=O)c3ccc(C)cc3)cc2)C(=O)N[C@H]2C(=O)N[C@H]3C(=O)N[C@H](C(=O)N[C@H](C(=O)NC4C5CC6CC(C5)CC4C6)c4cc(O)cc5c4-c4cc3ccc4C5(O)O)[C@H](O)c3ccc(cc3)Oc3cc2cc(c3O[C@@H]2O[C@H](CNC(=O)OC(C)(C)C)[C@@H](O)[C@H](O)[C@H]2O)Oc2ccc(cc2Cl)[C@H]1O. The molecule has 38 nitrogen and oxygen atoms in total. The molecule has 11 aliphatic rings. The van der Waals surface area contributed by atoms with Crippen molar-refractivity contribution in [2.75, 3.05) is 26.8 Å². The van der Waals surface area contributed by atoms with Gasteiger partial charge in [0.05, 0.1) is 27.3 Å². The van der Waals surface area contributed by atoms with Gasteiger partial charge in [-0.25, -0.2) is 17.9 Å². The van der Waals surface area contributed by atoms with E-state index in [9.17, 15) is 72.1 Å². The van der Waals surface area contributed by atoms with Crippen LogP contribution in [-0.2, 0) is 77.9 Å². The molecule has 15 bridgehead atoms. The lowest BCUT2D eigenvalue weighted by molar-refractivity contribution is -0.270. The van der Waals surface area contributed by atoms with E-state index in [-0.39, 0.29) is 97.9 Å². The summed E-state index contributed by atoms with van der Waals surface area (Å²) in [6.45, 7) is 8.61. The number of aliphatic hydroxyl groups is 7. The van der Waals surface area contributed by atoms with Crippen LogP contribution in [-0.4, -0.2) is 204 Å². The van der Waals surface area contributed by atoms with Crippen molar-refractivity contribution in [1.29, 1.82) is 0 Å². The largest absolute Gasteiger partial charge is 0.508 e. The van der Waals surface area contributed by atoms with Crippen molar-refractivity contribution >= 4 is 85.1 Å². The number of hydrogen-bond donors (Lipinski definition) is 18. The van der Waals surface area contributed by atoms with Gasteiger partial charge in [0.2, 0.25) is 65.1 Å². The number of rotatable bonds is 21. The van der Waals surface area contributed by atoms with Crippen LogP contribution < -0.4 is 71.5 Å². The van der Waals surface area contributed by atoms with Gasteiger partial charge in [-0.3, -0.25) is 42.5 Å². The average Bonchev–Trinajstić information content (AvgIpc) is 1.56. The van der Waals surface area contributed by atoms with Gasteiger partial charge >= 0.3 is 6.09 Å². The number of sulfonamides is 1. The number of amides is 9. The second kappa shape index (κ2) is 37.6. The lowest BCUT2D eigenvalue weighted by Crippen LogP contribution is -2.61. The van der Waals surface area contributed by atoms with Crippen LogP contribution in [0.2, 0.25) is 5.02 Å². The normalized spacial score (nSPS) is 26.9. The number of carbonyl (C=O) groups is 9. The molecule has 9 amide bonds. The number of hydrogen-bond acceptors (Lipinski definition) is 29. The molecule has 41 heteroatoms. The molecule has 698 valence electrons. The second-order valence-electron chi connectivity index (χ2n) is 35.6. The molecule has 7 aromatic carbocycles. The van der Waals surface area contributed by atoms with E-state index in [0.717, 1.165) is 104 Å². The van der Waals surface area contributed by atoms with Gasteiger partial charge in [-0.2, -0.15) is 8.42 Å². The first kappa shape index (κ1) is 94.0. The number of aryl methyl sites for hydroxylation is 1. The maximum Gasteiger partial charge on any atom is 0.407 e. The van der Waals surface area contributed by atoms with Crippen LogP contribution in [0, 0.1) is 36.5 Å². The summed E-state index contributed by atoms with van der Waals surface area (Å²) in [6.07, 6.45) is -12.4. The molecular formula is C90H101ClN10O28S2. The Kier molecular flexibility index (Phi) is 27.0. The summed E-state index contributed by atoms with van der Waals surface area (Å²) in [4.78, 5) is 138. The minimum atomic E-state index is -5.05. The molecule has 0 unspecified atom stereocenters. The highest BCUT2D eigenvalue weighted by Crippen LogP contribution is 2.56. The van der Waals surface area contributed by atoms with E-state index in [4.69, 9.17) is 44.2 Å². The molecular weight excluding hydrogens is 1770 g/mol. The molecule has 0 spiro atoms. The number of benzene rings is 7. The van der Waals surface area contributed by atoms with Crippen molar-refractivity contribution in [2.45, 2.75) is 199 Å². The third-order valence-electron chi connectivity index (χ3n) is 24.6. The molecule has 5 aliphatic carbocycles. The summed E-state index contributed by atoms with van der Waals surface area (Å²) < 4.78 is 98.6. The Morgan fingerprint density at radius 3 is 1.92 bits per heavy atom. The van der Waals surface area contributed by atoms with Gasteiger partial charge in [-0.1, -0.05) is 73.5 Å². The Morgan fingerprint density at radius 2 is 1.27 bits per heavy atom. The number of halogens is 1. The maximum absolute atomic E-state index is 16.6. The summed E-state index contributed by atoms with van der Waals surface area (Å²) in [5, 5.41) is 120. The van der Waals surface area contributed by atoms with Gasteiger partial charge < -0.3 is 117 Å². The number of phenols is 1. The summed E-state index contributed by atoms with van der Waals surface area (Å²) in [6, 6.07) is 11.4. The van der Waals surface area contributed by atoms with Crippen LogP contribution in [0.5, 0.6) is 40.2 Å². The van der Waals surface area contributed by atoms with Gasteiger partial charge in [0.15, 0.2) is 11.5 Å². The van der Waals surface area contributed by atoms with Crippen molar-refractivity contribution in [3.63, 3.8) is 0 Å². The monoisotopic (exact) mass is 1870 g/mol. The Morgan fingerprint density at radius 1 is 0.634 bits per heavy atom. The lowest BCUT2D eigenvalue weighted by Gasteiger charge is -2.54. The average molecular weight is 1870 g/mol. The fourth-order valence-electron chi connectivity index (χ4n) is 18.4. The summed E-state index contributed by atoms with van der Waals surface area (Å²) >= 11 is 7.16.